The van der Waals surface area contributed by atoms with E-state index in [4.69, 9.17) is 11.5 Å². The van der Waals surface area contributed by atoms with Gasteiger partial charge in [0.25, 0.3) is 0 Å². The van der Waals surface area contributed by atoms with E-state index < -0.39 is 0 Å². The number of aromatic hydroxyl groups is 1. The van der Waals surface area contributed by atoms with Gasteiger partial charge in [-0.05, 0) is 48.4 Å². The summed E-state index contributed by atoms with van der Waals surface area (Å²) in [6, 6.07) is 10.6. The zero-order valence-electron chi connectivity index (χ0n) is 9.88. The second-order valence-electron chi connectivity index (χ2n) is 3.85. The molecule has 5 heteroatoms. The minimum absolute atomic E-state index is 0. The van der Waals surface area contributed by atoms with Gasteiger partial charge < -0.3 is 16.6 Å². The van der Waals surface area contributed by atoms with E-state index in [2.05, 4.69) is 0 Å². The summed E-state index contributed by atoms with van der Waals surface area (Å²) in [5.41, 5.74) is 15.9. The molecule has 0 amide bonds. The minimum Gasteiger partial charge on any atom is -0.508 e. The fourth-order valence-corrected chi connectivity index (χ4v) is 1.76. The van der Waals surface area contributed by atoms with E-state index in [1.54, 1.807) is 24.3 Å². The van der Waals surface area contributed by atoms with Crippen LogP contribution in [0, 0.1) is 6.92 Å². The summed E-state index contributed by atoms with van der Waals surface area (Å²) in [4.78, 5) is 0. The molecule has 0 aliphatic heterocycles. The van der Waals surface area contributed by atoms with Crippen LogP contribution in [0.25, 0.3) is 11.1 Å². The Bertz CT molecular complexity index is 545. The van der Waals surface area contributed by atoms with Crippen molar-refractivity contribution >= 4 is 36.2 Å². The van der Waals surface area contributed by atoms with Crippen LogP contribution in [-0.2, 0) is 0 Å². The SMILES string of the molecule is Cc1cc(O)ccc1-c1cc(N)ccc1N.Cl.Cl. The Hall–Kier alpha value is -1.58. The molecule has 2 rings (SSSR count). The molecule has 5 N–H and O–H groups in total. The van der Waals surface area contributed by atoms with Crippen molar-refractivity contribution < 1.29 is 5.11 Å². The molecular formula is C13H16Cl2N2O. The first-order valence-corrected chi connectivity index (χ1v) is 5.03. The van der Waals surface area contributed by atoms with Crippen molar-refractivity contribution in [1.29, 1.82) is 0 Å². The molecule has 0 radical (unpaired) electrons. The minimum atomic E-state index is 0. The van der Waals surface area contributed by atoms with Crippen LogP contribution >= 0.6 is 24.8 Å². The van der Waals surface area contributed by atoms with Crippen molar-refractivity contribution in [2.24, 2.45) is 0 Å². The highest BCUT2D eigenvalue weighted by molar-refractivity contribution is 5.85. The van der Waals surface area contributed by atoms with Crippen LogP contribution in [0.3, 0.4) is 0 Å². The summed E-state index contributed by atoms with van der Waals surface area (Å²) in [5, 5.41) is 9.35. The van der Waals surface area contributed by atoms with Gasteiger partial charge in [-0.15, -0.1) is 24.8 Å². The topological polar surface area (TPSA) is 72.3 Å². The fourth-order valence-electron chi connectivity index (χ4n) is 1.76. The number of phenolic OH excluding ortho intramolecular Hbond substituents is 1. The van der Waals surface area contributed by atoms with Crippen LogP contribution in [0.1, 0.15) is 5.56 Å². The Labute approximate surface area is 119 Å². The standard InChI is InChI=1S/C13H14N2O.2ClH/c1-8-6-10(16)3-4-11(8)12-7-9(14)2-5-13(12)15;;/h2-7,16H,14-15H2,1H3;2*1H. The first-order valence-electron chi connectivity index (χ1n) is 5.03. The molecule has 0 aromatic heterocycles. The van der Waals surface area contributed by atoms with Crippen molar-refractivity contribution in [1.82, 2.24) is 0 Å². The number of hydrogen-bond donors (Lipinski definition) is 3. The van der Waals surface area contributed by atoms with Crippen LogP contribution in [0.15, 0.2) is 36.4 Å². The van der Waals surface area contributed by atoms with Gasteiger partial charge >= 0.3 is 0 Å². The summed E-state index contributed by atoms with van der Waals surface area (Å²) in [6.45, 7) is 1.93. The molecule has 0 heterocycles. The average molecular weight is 287 g/mol. The Morgan fingerprint density at radius 1 is 0.889 bits per heavy atom. The third-order valence-electron chi connectivity index (χ3n) is 2.58. The number of phenols is 1. The summed E-state index contributed by atoms with van der Waals surface area (Å²) in [6.07, 6.45) is 0. The van der Waals surface area contributed by atoms with Crippen molar-refractivity contribution in [2.75, 3.05) is 11.5 Å². The zero-order valence-corrected chi connectivity index (χ0v) is 11.5. The third kappa shape index (κ3) is 3.22. The molecular weight excluding hydrogens is 271 g/mol. The van der Waals surface area contributed by atoms with Gasteiger partial charge in [0.15, 0.2) is 0 Å². The summed E-state index contributed by atoms with van der Waals surface area (Å²) in [7, 11) is 0. The number of nitrogens with two attached hydrogens (primary N) is 2. The molecule has 98 valence electrons. The van der Waals surface area contributed by atoms with E-state index in [0.29, 0.717) is 11.4 Å². The number of rotatable bonds is 1. The van der Waals surface area contributed by atoms with E-state index >= 15 is 0 Å². The lowest BCUT2D eigenvalue weighted by molar-refractivity contribution is 0.475. The number of nitrogen functional groups attached to an aromatic ring is 2. The van der Waals surface area contributed by atoms with Gasteiger partial charge in [0, 0.05) is 16.9 Å². The van der Waals surface area contributed by atoms with Crippen LogP contribution in [0.4, 0.5) is 11.4 Å². The maximum absolute atomic E-state index is 9.35. The number of benzene rings is 2. The molecule has 3 nitrogen and oxygen atoms in total. The van der Waals surface area contributed by atoms with E-state index in [0.717, 1.165) is 16.7 Å². The molecule has 0 fully saturated rings. The number of hydrogen-bond acceptors (Lipinski definition) is 3. The largest absolute Gasteiger partial charge is 0.508 e. The second-order valence-corrected chi connectivity index (χ2v) is 3.85. The quantitative estimate of drug-likeness (QED) is 0.704. The molecule has 0 bridgehead atoms. The second kappa shape index (κ2) is 6.38. The highest BCUT2D eigenvalue weighted by Crippen LogP contribution is 2.31. The van der Waals surface area contributed by atoms with Crippen molar-refractivity contribution in [2.45, 2.75) is 6.92 Å². The summed E-state index contributed by atoms with van der Waals surface area (Å²) < 4.78 is 0. The van der Waals surface area contributed by atoms with Crippen molar-refractivity contribution in [3.05, 3.63) is 42.0 Å². The zero-order chi connectivity index (χ0) is 11.7. The fraction of sp³-hybridized carbons (Fsp3) is 0.0769. The molecule has 0 unspecified atom stereocenters. The van der Waals surface area contributed by atoms with Crippen molar-refractivity contribution in [3.8, 4) is 16.9 Å². The Morgan fingerprint density at radius 3 is 2.17 bits per heavy atom. The predicted octanol–water partition coefficient (Wildman–Crippen LogP) is 3.38. The van der Waals surface area contributed by atoms with Gasteiger partial charge in [-0.2, -0.15) is 0 Å². The normalized spacial score (nSPS) is 9.17. The van der Waals surface area contributed by atoms with Gasteiger partial charge in [-0.3, -0.25) is 0 Å². The maximum Gasteiger partial charge on any atom is 0.115 e. The average Bonchev–Trinajstić information content (AvgIpc) is 2.22. The molecule has 0 spiro atoms. The Morgan fingerprint density at radius 2 is 1.56 bits per heavy atom. The van der Waals surface area contributed by atoms with E-state index in [-0.39, 0.29) is 30.6 Å². The first-order chi connectivity index (χ1) is 7.58. The van der Waals surface area contributed by atoms with E-state index in [1.807, 2.05) is 19.1 Å². The summed E-state index contributed by atoms with van der Waals surface area (Å²) >= 11 is 0. The van der Waals surface area contributed by atoms with E-state index in [9.17, 15) is 5.11 Å². The van der Waals surface area contributed by atoms with Gasteiger partial charge in [0.1, 0.15) is 5.75 Å². The molecule has 0 aliphatic carbocycles. The highest BCUT2D eigenvalue weighted by atomic mass is 35.5. The molecule has 2 aromatic rings. The molecule has 2 aromatic carbocycles. The molecule has 0 saturated carbocycles. The van der Waals surface area contributed by atoms with Gasteiger partial charge in [0.2, 0.25) is 0 Å². The number of anilines is 2. The number of halogens is 2. The predicted molar refractivity (Wildman–Crippen MR) is 81.6 cm³/mol. The summed E-state index contributed by atoms with van der Waals surface area (Å²) in [5.74, 6) is 0.253. The van der Waals surface area contributed by atoms with Gasteiger partial charge in [0.05, 0.1) is 0 Å². The maximum atomic E-state index is 9.35. The molecule has 0 aliphatic rings. The lowest BCUT2D eigenvalue weighted by atomic mass is 9.98. The van der Waals surface area contributed by atoms with Crippen LogP contribution in [0.5, 0.6) is 5.75 Å². The number of aryl methyl sites for hydroxylation is 1. The molecule has 18 heavy (non-hydrogen) atoms. The van der Waals surface area contributed by atoms with Crippen LogP contribution in [0.2, 0.25) is 0 Å². The highest BCUT2D eigenvalue weighted by Gasteiger charge is 2.06. The van der Waals surface area contributed by atoms with Crippen LogP contribution < -0.4 is 11.5 Å². The lowest BCUT2D eigenvalue weighted by Gasteiger charge is -2.10. The Balaban J connectivity index is 0.00000144. The first kappa shape index (κ1) is 16.4. The van der Waals surface area contributed by atoms with Gasteiger partial charge in [-0.25, -0.2) is 0 Å². The lowest BCUT2D eigenvalue weighted by Crippen LogP contribution is -1.94. The smallest absolute Gasteiger partial charge is 0.115 e. The van der Waals surface area contributed by atoms with Crippen molar-refractivity contribution in [3.63, 3.8) is 0 Å². The van der Waals surface area contributed by atoms with Gasteiger partial charge in [-0.1, -0.05) is 6.07 Å². The molecule has 0 saturated heterocycles. The monoisotopic (exact) mass is 286 g/mol. The Kier molecular flexibility index (Phi) is 5.82. The third-order valence-corrected chi connectivity index (χ3v) is 2.58. The van der Waals surface area contributed by atoms with E-state index in [1.165, 1.54) is 0 Å². The van der Waals surface area contributed by atoms with Crippen LogP contribution in [-0.4, -0.2) is 5.11 Å². The molecule has 0 atom stereocenters.